The van der Waals surface area contributed by atoms with Crippen molar-refractivity contribution in [3.05, 3.63) is 29.8 Å². The summed E-state index contributed by atoms with van der Waals surface area (Å²) in [6, 6.07) is 7.81. The van der Waals surface area contributed by atoms with Crippen molar-refractivity contribution >= 4 is 17.6 Å². The number of carboxylic acid groups (broad SMARTS) is 1. The highest BCUT2D eigenvalue weighted by Gasteiger charge is 2.16. The quantitative estimate of drug-likeness (QED) is 0.752. The molecule has 3 N–H and O–H groups in total. The number of para-hydroxylation sites is 1. The molecule has 5 nitrogen and oxygen atoms in total. The van der Waals surface area contributed by atoms with Gasteiger partial charge in [-0.1, -0.05) is 31.4 Å². The third kappa shape index (κ3) is 4.77. The number of carboxylic acids is 1. The number of hydrogen-bond donors (Lipinski definition) is 3. The molecule has 114 valence electrons. The molecule has 0 aliphatic heterocycles. The van der Waals surface area contributed by atoms with Crippen molar-refractivity contribution in [2.75, 3.05) is 11.9 Å². The van der Waals surface area contributed by atoms with Gasteiger partial charge in [0.15, 0.2) is 0 Å². The molecule has 1 amide bonds. The number of anilines is 1. The Morgan fingerprint density at radius 1 is 1.14 bits per heavy atom. The van der Waals surface area contributed by atoms with Crippen LogP contribution in [0.15, 0.2) is 24.3 Å². The largest absolute Gasteiger partial charge is 0.481 e. The van der Waals surface area contributed by atoms with Crippen LogP contribution in [-0.2, 0) is 4.79 Å². The lowest BCUT2D eigenvalue weighted by molar-refractivity contribution is -0.136. The molecule has 0 bridgehead atoms. The molecule has 0 radical (unpaired) electrons. The van der Waals surface area contributed by atoms with E-state index in [9.17, 15) is 9.59 Å². The Hall–Kier alpha value is -2.04. The van der Waals surface area contributed by atoms with Crippen LogP contribution in [0.2, 0.25) is 0 Å². The van der Waals surface area contributed by atoms with Gasteiger partial charge in [0.1, 0.15) is 0 Å². The van der Waals surface area contributed by atoms with Gasteiger partial charge in [-0.25, -0.2) is 0 Å². The van der Waals surface area contributed by atoms with E-state index in [0.29, 0.717) is 11.6 Å². The first-order valence-electron chi connectivity index (χ1n) is 7.52. The minimum Gasteiger partial charge on any atom is -0.481 e. The molecule has 1 aliphatic rings. The molecule has 0 saturated heterocycles. The summed E-state index contributed by atoms with van der Waals surface area (Å²) < 4.78 is 0. The number of nitrogens with one attached hydrogen (secondary N) is 2. The third-order valence-corrected chi connectivity index (χ3v) is 3.76. The van der Waals surface area contributed by atoms with E-state index < -0.39 is 5.97 Å². The van der Waals surface area contributed by atoms with Crippen molar-refractivity contribution in [3.8, 4) is 0 Å². The van der Waals surface area contributed by atoms with Gasteiger partial charge in [-0.2, -0.15) is 0 Å². The summed E-state index contributed by atoms with van der Waals surface area (Å²) in [7, 11) is 0. The lowest BCUT2D eigenvalue weighted by atomic mass is 9.95. The van der Waals surface area contributed by atoms with E-state index in [0.717, 1.165) is 18.5 Å². The number of carbonyl (C=O) groups excluding carboxylic acids is 1. The molecule has 0 atom stereocenters. The second-order valence-electron chi connectivity index (χ2n) is 5.42. The third-order valence-electron chi connectivity index (χ3n) is 3.76. The van der Waals surface area contributed by atoms with Crippen molar-refractivity contribution in [2.45, 2.75) is 44.6 Å². The Kier molecular flexibility index (Phi) is 5.60. The van der Waals surface area contributed by atoms with E-state index in [1.165, 1.54) is 19.3 Å². The molecule has 0 aromatic heterocycles. The Bertz CT molecular complexity index is 496. The Morgan fingerprint density at radius 2 is 1.86 bits per heavy atom. The molecule has 0 spiro atoms. The summed E-state index contributed by atoms with van der Waals surface area (Å²) in [6.45, 7) is 0.145. The zero-order valence-corrected chi connectivity index (χ0v) is 12.1. The zero-order chi connectivity index (χ0) is 15.1. The molecule has 1 aliphatic carbocycles. The molecule has 1 aromatic carbocycles. The summed E-state index contributed by atoms with van der Waals surface area (Å²) >= 11 is 0. The lowest BCUT2D eigenvalue weighted by Crippen LogP contribution is -2.28. The summed E-state index contributed by atoms with van der Waals surface area (Å²) in [5.74, 6) is -1.14. The molecular formula is C16H22N2O3. The standard InChI is InChI=1S/C16H22N2O3/c19-15(20)10-11-17-16(21)13-8-4-5-9-14(13)18-12-6-2-1-3-7-12/h4-5,8-9,12,18H,1-3,6-7,10-11H2,(H,17,21)(H,19,20). The van der Waals surface area contributed by atoms with E-state index in [1.807, 2.05) is 18.2 Å². The summed E-state index contributed by atoms with van der Waals surface area (Å²) in [4.78, 5) is 22.6. The monoisotopic (exact) mass is 290 g/mol. The van der Waals surface area contributed by atoms with Crippen LogP contribution in [0, 0.1) is 0 Å². The second-order valence-corrected chi connectivity index (χ2v) is 5.42. The fraction of sp³-hybridized carbons (Fsp3) is 0.500. The van der Waals surface area contributed by atoms with Gasteiger partial charge in [-0.05, 0) is 25.0 Å². The van der Waals surface area contributed by atoms with Crippen molar-refractivity contribution in [1.82, 2.24) is 5.32 Å². The van der Waals surface area contributed by atoms with E-state index in [2.05, 4.69) is 10.6 Å². The molecule has 21 heavy (non-hydrogen) atoms. The van der Waals surface area contributed by atoms with Crippen LogP contribution in [-0.4, -0.2) is 29.6 Å². The molecule has 5 heteroatoms. The molecule has 1 saturated carbocycles. The minimum absolute atomic E-state index is 0.0655. The number of hydrogen-bond acceptors (Lipinski definition) is 3. The van der Waals surface area contributed by atoms with Gasteiger partial charge < -0.3 is 15.7 Å². The summed E-state index contributed by atoms with van der Waals surface area (Å²) in [6.07, 6.45) is 5.94. The Balaban J connectivity index is 1.98. The topological polar surface area (TPSA) is 78.4 Å². The van der Waals surface area contributed by atoms with Gasteiger partial charge in [-0.3, -0.25) is 9.59 Å². The van der Waals surface area contributed by atoms with E-state index in [-0.39, 0.29) is 18.9 Å². The maximum Gasteiger partial charge on any atom is 0.305 e. The van der Waals surface area contributed by atoms with Gasteiger partial charge in [0.25, 0.3) is 5.91 Å². The fourth-order valence-corrected chi connectivity index (χ4v) is 2.65. The predicted molar refractivity (Wildman–Crippen MR) is 81.5 cm³/mol. The SMILES string of the molecule is O=C(O)CCNC(=O)c1ccccc1NC1CCCCC1. The van der Waals surface area contributed by atoms with Crippen molar-refractivity contribution in [2.24, 2.45) is 0 Å². The second kappa shape index (κ2) is 7.67. The normalized spacial score (nSPS) is 15.4. The fourth-order valence-electron chi connectivity index (χ4n) is 2.65. The van der Waals surface area contributed by atoms with Crippen LogP contribution in [0.3, 0.4) is 0 Å². The molecule has 1 aromatic rings. The first-order chi connectivity index (χ1) is 10.2. The van der Waals surface area contributed by atoms with Crippen LogP contribution in [0.25, 0.3) is 0 Å². The molecule has 2 rings (SSSR count). The van der Waals surface area contributed by atoms with Crippen LogP contribution in [0.1, 0.15) is 48.9 Å². The van der Waals surface area contributed by atoms with Gasteiger partial charge >= 0.3 is 5.97 Å². The molecular weight excluding hydrogens is 268 g/mol. The van der Waals surface area contributed by atoms with Crippen LogP contribution >= 0.6 is 0 Å². The lowest BCUT2D eigenvalue weighted by Gasteiger charge is -2.25. The van der Waals surface area contributed by atoms with E-state index in [1.54, 1.807) is 6.07 Å². The van der Waals surface area contributed by atoms with Gasteiger partial charge in [0.05, 0.1) is 12.0 Å². The van der Waals surface area contributed by atoms with E-state index >= 15 is 0 Å². The van der Waals surface area contributed by atoms with Crippen LogP contribution < -0.4 is 10.6 Å². The number of benzene rings is 1. The van der Waals surface area contributed by atoms with Crippen molar-refractivity contribution < 1.29 is 14.7 Å². The summed E-state index contributed by atoms with van der Waals surface area (Å²) in [5.41, 5.74) is 1.41. The van der Waals surface area contributed by atoms with Crippen molar-refractivity contribution in [3.63, 3.8) is 0 Å². The average molecular weight is 290 g/mol. The highest BCUT2D eigenvalue weighted by Crippen LogP contribution is 2.23. The molecule has 0 heterocycles. The van der Waals surface area contributed by atoms with E-state index in [4.69, 9.17) is 5.11 Å². The molecule has 0 unspecified atom stereocenters. The minimum atomic E-state index is -0.913. The molecule has 1 fully saturated rings. The number of carbonyl (C=O) groups is 2. The first kappa shape index (κ1) is 15.4. The maximum atomic E-state index is 12.1. The number of rotatable bonds is 6. The predicted octanol–water partition coefficient (Wildman–Crippen LogP) is 2.64. The smallest absolute Gasteiger partial charge is 0.305 e. The van der Waals surface area contributed by atoms with Crippen molar-refractivity contribution in [1.29, 1.82) is 0 Å². The van der Waals surface area contributed by atoms with Gasteiger partial charge in [0.2, 0.25) is 0 Å². The summed E-state index contributed by atoms with van der Waals surface area (Å²) in [5, 5.41) is 14.7. The highest BCUT2D eigenvalue weighted by molar-refractivity contribution is 5.99. The van der Waals surface area contributed by atoms with Gasteiger partial charge in [0, 0.05) is 18.3 Å². The average Bonchev–Trinajstić information content (AvgIpc) is 2.48. The highest BCUT2D eigenvalue weighted by atomic mass is 16.4. The van der Waals surface area contributed by atoms with Gasteiger partial charge in [-0.15, -0.1) is 0 Å². The Labute approximate surface area is 124 Å². The maximum absolute atomic E-state index is 12.1. The zero-order valence-electron chi connectivity index (χ0n) is 12.1. The van der Waals surface area contributed by atoms with Crippen LogP contribution in [0.5, 0.6) is 0 Å². The Morgan fingerprint density at radius 3 is 2.57 bits per heavy atom. The number of aliphatic carboxylic acids is 1. The number of amides is 1. The van der Waals surface area contributed by atoms with Crippen LogP contribution in [0.4, 0.5) is 5.69 Å². The first-order valence-corrected chi connectivity index (χ1v) is 7.52.